The zero-order valence-electron chi connectivity index (χ0n) is 13.3. The van der Waals surface area contributed by atoms with Gasteiger partial charge >= 0.3 is 0 Å². The molecule has 3 nitrogen and oxygen atoms in total. The summed E-state index contributed by atoms with van der Waals surface area (Å²) in [5, 5.41) is 13.4. The van der Waals surface area contributed by atoms with Gasteiger partial charge in [-0.25, -0.2) is 0 Å². The van der Waals surface area contributed by atoms with Crippen molar-refractivity contribution in [2.75, 3.05) is 26.7 Å². The molecule has 118 valence electrons. The molecule has 0 aromatic heterocycles. The molecule has 1 saturated carbocycles. The fourth-order valence-corrected chi connectivity index (χ4v) is 3.19. The Bertz CT molecular complexity index is 376. The number of hydrogen-bond donors (Lipinski definition) is 2. The van der Waals surface area contributed by atoms with Crippen LogP contribution >= 0.6 is 0 Å². The van der Waals surface area contributed by atoms with Crippen molar-refractivity contribution < 1.29 is 5.11 Å². The Morgan fingerprint density at radius 2 is 1.90 bits per heavy atom. The van der Waals surface area contributed by atoms with Gasteiger partial charge in [0.05, 0.1) is 6.10 Å². The fraction of sp³-hybridized carbons (Fsp3) is 0.667. The summed E-state index contributed by atoms with van der Waals surface area (Å²) >= 11 is 0. The van der Waals surface area contributed by atoms with Gasteiger partial charge < -0.3 is 15.3 Å². The second-order valence-corrected chi connectivity index (χ2v) is 6.26. The van der Waals surface area contributed by atoms with Crippen LogP contribution in [0.25, 0.3) is 0 Å². The fourth-order valence-electron chi connectivity index (χ4n) is 3.19. The van der Waals surface area contributed by atoms with Crippen LogP contribution in [0.5, 0.6) is 0 Å². The van der Waals surface area contributed by atoms with E-state index in [0.29, 0.717) is 6.54 Å². The van der Waals surface area contributed by atoms with E-state index >= 15 is 0 Å². The lowest BCUT2D eigenvalue weighted by Crippen LogP contribution is -2.35. The predicted molar refractivity (Wildman–Crippen MR) is 88.4 cm³/mol. The molecule has 0 bridgehead atoms. The number of hydrogen-bond acceptors (Lipinski definition) is 3. The molecule has 0 spiro atoms. The summed E-state index contributed by atoms with van der Waals surface area (Å²) in [4.78, 5) is 2.52. The minimum absolute atomic E-state index is 0.401. The summed E-state index contributed by atoms with van der Waals surface area (Å²) in [6.45, 7) is 2.76. The van der Waals surface area contributed by atoms with E-state index in [0.717, 1.165) is 31.1 Å². The van der Waals surface area contributed by atoms with E-state index < -0.39 is 6.10 Å². The molecule has 21 heavy (non-hydrogen) atoms. The third-order valence-corrected chi connectivity index (χ3v) is 4.58. The maximum Gasteiger partial charge on any atom is 0.0914 e. The molecule has 1 unspecified atom stereocenters. The summed E-state index contributed by atoms with van der Waals surface area (Å²) in [6.07, 6.45) is 7.71. The molecular weight excluding hydrogens is 260 g/mol. The van der Waals surface area contributed by atoms with Gasteiger partial charge in [-0.05, 0) is 45.0 Å². The Hall–Kier alpha value is -0.900. The topological polar surface area (TPSA) is 35.5 Å². The quantitative estimate of drug-likeness (QED) is 0.723. The second kappa shape index (κ2) is 9.19. The summed E-state index contributed by atoms with van der Waals surface area (Å²) < 4.78 is 0. The third-order valence-electron chi connectivity index (χ3n) is 4.58. The first-order chi connectivity index (χ1) is 10.3. The van der Waals surface area contributed by atoms with Gasteiger partial charge in [0.1, 0.15) is 0 Å². The number of aliphatic hydroxyl groups excluding tert-OH is 1. The first-order valence-corrected chi connectivity index (χ1v) is 8.41. The van der Waals surface area contributed by atoms with Crippen molar-refractivity contribution in [3.8, 4) is 0 Å². The van der Waals surface area contributed by atoms with E-state index in [1.54, 1.807) is 0 Å². The van der Waals surface area contributed by atoms with Crippen LogP contribution in [0.3, 0.4) is 0 Å². The molecule has 1 fully saturated rings. The summed E-state index contributed by atoms with van der Waals surface area (Å²) in [5.41, 5.74) is 0.990. The largest absolute Gasteiger partial charge is 0.387 e. The van der Waals surface area contributed by atoms with Crippen molar-refractivity contribution in [2.24, 2.45) is 0 Å². The lowest BCUT2D eigenvalue weighted by molar-refractivity contribution is 0.170. The van der Waals surface area contributed by atoms with Crippen LogP contribution in [0.1, 0.15) is 50.2 Å². The highest BCUT2D eigenvalue weighted by atomic mass is 16.3. The SMILES string of the molecule is CN(CCCNCC(O)c1ccccc1)C1CCCCC1. The van der Waals surface area contributed by atoms with E-state index in [1.165, 1.54) is 32.1 Å². The predicted octanol–water partition coefficient (Wildman–Crippen LogP) is 2.96. The molecule has 0 aliphatic heterocycles. The first-order valence-electron chi connectivity index (χ1n) is 8.41. The van der Waals surface area contributed by atoms with Gasteiger partial charge in [0.15, 0.2) is 0 Å². The highest BCUT2D eigenvalue weighted by Crippen LogP contribution is 2.21. The highest BCUT2D eigenvalue weighted by Gasteiger charge is 2.17. The standard InChI is InChI=1S/C18H30N2O/c1-20(17-11-6-3-7-12-17)14-8-13-19-15-18(21)16-9-4-2-5-10-16/h2,4-5,9-10,17-19,21H,3,6-8,11-15H2,1H3. The Labute approximate surface area is 129 Å². The summed E-state index contributed by atoms with van der Waals surface area (Å²) in [6, 6.07) is 10.7. The molecule has 1 aliphatic rings. The van der Waals surface area contributed by atoms with Gasteiger partial charge in [0.2, 0.25) is 0 Å². The molecule has 0 saturated heterocycles. The lowest BCUT2D eigenvalue weighted by atomic mass is 9.94. The van der Waals surface area contributed by atoms with Crippen molar-refractivity contribution in [1.82, 2.24) is 10.2 Å². The van der Waals surface area contributed by atoms with Crippen molar-refractivity contribution >= 4 is 0 Å². The monoisotopic (exact) mass is 290 g/mol. The molecule has 0 amide bonds. The molecule has 1 aromatic carbocycles. The maximum atomic E-state index is 10.1. The minimum Gasteiger partial charge on any atom is -0.387 e. The van der Waals surface area contributed by atoms with Gasteiger partial charge in [-0.15, -0.1) is 0 Å². The zero-order chi connectivity index (χ0) is 14.9. The van der Waals surface area contributed by atoms with E-state index in [1.807, 2.05) is 30.3 Å². The summed E-state index contributed by atoms with van der Waals surface area (Å²) in [7, 11) is 2.26. The van der Waals surface area contributed by atoms with Crippen molar-refractivity contribution in [3.63, 3.8) is 0 Å². The zero-order valence-corrected chi connectivity index (χ0v) is 13.3. The number of nitrogens with one attached hydrogen (secondary N) is 1. The molecule has 0 radical (unpaired) electrons. The highest BCUT2D eigenvalue weighted by molar-refractivity contribution is 5.17. The smallest absolute Gasteiger partial charge is 0.0914 e. The average molecular weight is 290 g/mol. The van der Waals surface area contributed by atoms with Gasteiger partial charge in [-0.2, -0.15) is 0 Å². The molecule has 1 aromatic rings. The Morgan fingerprint density at radius 1 is 1.19 bits per heavy atom. The van der Waals surface area contributed by atoms with E-state index in [9.17, 15) is 5.11 Å². The average Bonchev–Trinajstić information content (AvgIpc) is 2.55. The van der Waals surface area contributed by atoms with Gasteiger partial charge in [0, 0.05) is 12.6 Å². The lowest BCUT2D eigenvalue weighted by Gasteiger charge is -2.31. The molecular formula is C18H30N2O. The molecule has 1 atom stereocenters. The van der Waals surface area contributed by atoms with Gasteiger partial charge in [-0.3, -0.25) is 0 Å². The van der Waals surface area contributed by atoms with Crippen LogP contribution < -0.4 is 5.32 Å². The molecule has 0 heterocycles. The van der Waals surface area contributed by atoms with Crippen molar-refractivity contribution in [3.05, 3.63) is 35.9 Å². The minimum atomic E-state index is -0.401. The van der Waals surface area contributed by atoms with Crippen LogP contribution in [-0.4, -0.2) is 42.7 Å². The van der Waals surface area contributed by atoms with Gasteiger partial charge in [-0.1, -0.05) is 49.6 Å². The van der Waals surface area contributed by atoms with Crippen LogP contribution in [0.2, 0.25) is 0 Å². The molecule has 3 heteroatoms. The van der Waals surface area contributed by atoms with Crippen LogP contribution in [-0.2, 0) is 0 Å². The molecule has 2 rings (SSSR count). The van der Waals surface area contributed by atoms with Crippen molar-refractivity contribution in [1.29, 1.82) is 0 Å². The third kappa shape index (κ3) is 5.77. The van der Waals surface area contributed by atoms with Crippen LogP contribution in [0, 0.1) is 0 Å². The van der Waals surface area contributed by atoms with Crippen molar-refractivity contribution in [2.45, 2.75) is 50.7 Å². The number of rotatable bonds is 8. The molecule has 2 N–H and O–H groups in total. The number of aliphatic hydroxyl groups is 1. The Balaban J connectivity index is 1.55. The maximum absolute atomic E-state index is 10.1. The van der Waals surface area contributed by atoms with E-state index in [2.05, 4.69) is 17.3 Å². The molecule has 1 aliphatic carbocycles. The summed E-state index contributed by atoms with van der Waals surface area (Å²) in [5.74, 6) is 0. The number of nitrogens with zero attached hydrogens (tertiary/aromatic N) is 1. The second-order valence-electron chi connectivity index (χ2n) is 6.26. The van der Waals surface area contributed by atoms with Crippen LogP contribution in [0.15, 0.2) is 30.3 Å². The van der Waals surface area contributed by atoms with Crippen LogP contribution in [0.4, 0.5) is 0 Å². The normalized spacial score (nSPS) is 18.0. The number of benzene rings is 1. The van der Waals surface area contributed by atoms with Gasteiger partial charge in [0.25, 0.3) is 0 Å². The van der Waals surface area contributed by atoms with E-state index in [4.69, 9.17) is 0 Å². The first kappa shape index (κ1) is 16.5. The Kier molecular flexibility index (Phi) is 7.20. The Morgan fingerprint density at radius 3 is 2.62 bits per heavy atom. The van der Waals surface area contributed by atoms with E-state index in [-0.39, 0.29) is 0 Å².